The maximum absolute atomic E-state index is 12.8. The molecular formula is C21H25N7O2S. The number of nitrogens with zero attached hydrogens (tertiary/aromatic N) is 6. The minimum Gasteiger partial charge on any atom is -0.379 e. The van der Waals surface area contributed by atoms with Crippen LogP contribution in [0.5, 0.6) is 0 Å². The molecule has 3 aromatic heterocycles. The Morgan fingerprint density at radius 3 is 2.65 bits per heavy atom. The maximum atomic E-state index is 12.8. The summed E-state index contributed by atoms with van der Waals surface area (Å²) >= 11 is 1.53. The lowest BCUT2D eigenvalue weighted by Crippen LogP contribution is -2.50. The lowest BCUT2D eigenvalue weighted by Gasteiger charge is -2.39. The van der Waals surface area contributed by atoms with Crippen molar-refractivity contribution in [2.75, 3.05) is 44.7 Å². The molecule has 0 atom stereocenters. The molecule has 5 heterocycles. The Morgan fingerprint density at radius 1 is 1.10 bits per heavy atom. The average Bonchev–Trinajstić information content (AvgIpc) is 3.25. The second-order valence-corrected chi connectivity index (χ2v) is 9.09. The van der Waals surface area contributed by atoms with E-state index in [0.29, 0.717) is 11.9 Å². The number of hydrogen-bond donors (Lipinski definition) is 1. The van der Waals surface area contributed by atoms with Crippen molar-refractivity contribution in [2.24, 2.45) is 0 Å². The summed E-state index contributed by atoms with van der Waals surface area (Å²) in [5.41, 5.74) is 1.68. The first-order chi connectivity index (χ1) is 15.2. The molecule has 2 saturated heterocycles. The Labute approximate surface area is 184 Å². The first-order valence-electron chi connectivity index (χ1n) is 10.6. The van der Waals surface area contributed by atoms with Crippen molar-refractivity contribution in [3.63, 3.8) is 0 Å². The number of aromatic nitrogens is 4. The molecule has 3 aromatic rings. The largest absolute Gasteiger partial charge is 0.379 e. The summed E-state index contributed by atoms with van der Waals surface area (Å²) in [6.07, 6.45) is 5.45. The lowest BCUT2D eigenvalue weighted by atomic mass is 10.0. The van der Waals surface area contributed by atoms with Crippen LogP contribution in [0.3, 0.4) is 0 Å². The molecule has 5 rings (SSSR count). The standard InChI is InChI=1S/C21H25N7O2S/c1-14-25-26-20(31-14)16-10-15-11-19(23-13-18(15)22-12-16)24-21(29)28-4-2-17(3-5-28)27-6-8-30-9-7-27/h10-13,17H,2-9H2,1H3,(H,23,24,29). The lowest BCUT2D eigenvalue weighted by molar-refractivity contribution is 0.00419. The van der Waals surface area contributed by atoms with Crippen LogP contribution in [0, 0.1) is 6.92 Å². The number of morpholine rings is 1. The van der Waals surface area contributed by atoms with E-state index in [1.54, 1.807) is 12.4 Å². The van der Waals surface area contributed by atoms with Gasteiger partial charge in [-0.2, -0.15) is 0 Å². The summed E-state index contributed by atoms with van der Waals surface area (Å²) in [5, 5.41) is 13.9. The number of amides is 2. The third-order valence-corrected chi connectivity index (χ3v) is 6.78. The van der Waals surface area contributed by atoms with Gasteiger partial charge in [0.2, 0.25) is 0 Å². The van der Waals surface area contributed by atoms with E-state index in [2.05, 4.69) is 30.4 Å². The van der Waals surface area contributed by atoms with Crippen LogP contribution in [-0.4, -0.2) is 81.4 Å². The van der Waals surface area contributed by atoms with Crippen molar-refractivity contribution in [3.8, 4) is 10.6 Å². The minimum absolute atomic E-state index is 0.101. The van der Waals surface area contributed by atoms with Crippen LogP contribution in [0.15, 0.2) is 24.5 Å². The molecule has 0 aliphatic carbocycles. The highest BCUT2D eigenvalue weighted by Gasteiger charge is 2.28. The van der Waals surface area contributed by atoms with Gasteiger partial charge in [0.25, 0.3) is 0 Å². The van der Waals surface area contributed by atoms with E-state index in [0.717, 1.165) is 78.7 Å². The molecule has 2 aliphatic rings. The normalized spacial score (nSPS) is 18.4. The van der Waals surface area contributed by atoms with Crippen molar-refractivity contribution in [3.05, 3.63) is 29.5 Å². The number of pyridine rings is 2. The van der Waals surface area contributed by atoms with Crippen molar-refractivity contribution in [1.29, 1.82) is 0 Å². The van der Waals surface area contributed by atoms with Gasteiger partial charge in [-0.05, 0) is 31.9 Å². The van der Waals surface area contributed by atoms with E-state index in [9.17, 15) is 4.79 Å². The van der Waals surface area contributed by atoms with Gasteiger partial charge >= 0.3 is 6.03 Å². The van der Waals surface area contributed by atoms with Crippen LogP contribution in [0.4, 0.5) is 10.6 Å². The van der Waals surface area contributed by atoms with Crippen LogP contribution >= 0.6 is 11.3 Å². The highest BCUT2D eigenvalue weighted by molar-refractivity contribution is 7.14. The van der Waals surface area contributed by atoms with Gasteiger partial charge in [0.1, 0.15) is 15.8 Å². The fraction of sp³-hybridized carbons (Fsp3) is 0.476. The Kier molecular flexibility index (Phi) is 5.75. The average molecular weight is 440 g/mol. The summed E-state index contributed by atoms with van der Waals surface area (Å²) < 4.78 is 5.45. The Morgan fingerprint density at radius 2 is 1.90 bits per heavy atom. The number of carbonyl (C=O) groups excluding carboxylic acids is 1. The number of carbonyl (C=O) groups is 1. The van der Waals surface area contributed by atoms with Crippen molar-refractivity contribution < 1.29 is 9.53 Å². The molecule has 0 aromatic carbocycles. The van der Waals surface area contributed by atoms with Gasteiger partial charge in [0.15, 0.2) is 0 Å². The molecule has 2 aliphatic heterocycles. The van der Waals surface area contributed by atoms with E-state index in [-0.39, 0.29) is 6.03 Å². The number of likely N-dealkylation sites (tertiary alicyclic amines) is 1. The zero-order chi connectivity index (χ0) is 21.2. The number of fused-ring (bicyclic) bond motifs is 1. The van der Waals surface area contributed by atoms with Crippen LogP contribution in [0.25, 0.3) is 21.5 Å². The number of nitrogens with one attached hydrogen (secondary N) is 1. The van der Waals surface area contributed by atoms with Crippen LogP contribution in [0.1, 0.15) is 17.8 Å². The van der Waals surface area contributed by atoms with E-state index < -0.39 is 0 Å². The van der Waals surface area contributed by atoms with Gasteiger partial charge in [-0.15, -0.1) is 10.2 Å². The Hall–Kier alpha value is -2.69. The molecule has 2 amide bonds. The number of anilines is 1. The van der Waals surface area contributed by atoms with Gasteiger partial charge in [-0.1, -0.05) is 11.3 Å². The molecule has 9 nitrogen and oxygen atoms in total. The van der Waals surface area contributed by atoms with E-state index >= 15 is 0 Å². The molecule has 10 heteroatoms. The first kappa shape index (κ1) is 20.2. The van der Waals surface area contributed by atoms with Gasteiger partial charge in [-0.3, -0.25) is 15.2 Å². The number of urea groups is 1. The Balaban J connectivity index is 1.24. The monoisotopic (exact) mass is 439 g/mol. The van der Waals surface area contributed by atoms with Gasteiger partial charge in [-0.25, -0.2) is 9.78 Å². The summed E-state index contributed by atoms with van der Waals surface area (Å²) in [5.74, 6) is 0.528. The zero-order valence-electron chi connectivity index (χ0n) is 17.5. The molecule has 0 bridgehead atoms. The smallest absolute Gasteiger partial charge is 0.323 e. The fourth-order valence-corrected chi connectivity index (χ4v) is 4.87. The van der Waals surface area contributed by atoms with Gasteiger partial charge < -0.3 is 9.64 Å². The van der Waals surface area contributed by atoms with Crippen LogP contribution < -0.4 is 5.32 Å². The summed E-state index contributed by atoms with van der Waals surface area (Å²) in [6, 6.07) is 4.31. The number of rotatable bonds is 3. The summed E-state index contributed by atoms with van der Waals surface area (Å²) in [4.78, 5) is 26.0. The minimum atomic E-state index is -0.101. The number of ether oxygens (including phenoxy) is 1. The van der Waals surface area contributed by atoms with Crippen LogP contribution in [-0.2, 0) is 4.74 Å². The predicted octanol–water partition coefficient (Wildman–Crippen LogP) is 2.79. The highest BCUT2D eigenvalue weighted by atomic mass is 32.1. The topological polar surface area (TPSA) is 96.4 Å². The molecule has 0 spiro atoms. The SMILES string of the molecule is Cc1nnc(-c2cnc3cnc(NC(=O)N4CCC(N5CCOCC5)CC4)cc3c2)s1. The molecule has 2 fully saturated rings. The van der Waals surface area contributed by atoms with E-state index in [1.807, 2.05) is 24.0 Å². The maximum Gasteiger partial charge on any atom is 0.323 e. The number of piperidine rings is 1. The third-order valence-electron chi connectivity index (χ3n) is 5.89. The van der Waals surface area contributed by atoms with Crippen molar-refractivity contribution >= 4 is 34.1 Å². The summed E-state index contributed by atoms with van der Waals surface area (Å²) in [6.45, 7) is 7.03. The predicted molar refractivity (Wildman–Crippen MR) is 119 cm³/mol. The van der Waals surface area contributed by atoms with E-state index in [4.69, 9.17) is 4.74 Å². The first-order valence-corrected chi connectivity index (χ1v) is 11.4. The highest BCUT2D eigenvalue weighted by Crippen LogP contribution is 2.26. The molecule has 0 radical (unpaired) electrons. The van der Waals surface area contributed by atoms with Gasteiger partial charge in [0.05, 0.1) is 24.9 Å². The third kappa shape index (κ3) is 4.51. The molecule has 0 unspecified atom stereocenters. The molecule has 31 heavy (non-hydrogen) atoms. The molecular weight excluding hydrogens is 414 g/mol. The molecule has 0 saturated carbocycles. The second kappa shape index (κ2) is 8.81. The van der Waals surface area contributed by atoms with Crippen molar-refractivity contribution in [2.45, 2.75) is 25.8 Å². The second-order valence-electron chi connectivity index (χ2n) is 7.91. The summed E-state index contributed by atoms with van der Waals surface area (Å²) in [7, 11) is 0. The number of aryl methyl sites for hydroxylation is 1. The van der Waals surface area contributed by atoms with Gasteiger partial charge in [0, 0.05) is 49.4 Å². The number of hydrogen-bond acceptors (Lipinski definition) is 8. The van der Waals surface area contributed by atoms with E-state index in [1.165, 1.54) is 11.3 Å². The molecule has 1 N–H and O–H groups in total. The Bertz CT molecular complexity index is 1070. The zero-order valence-corrected chi connectivity index (χ0v) is 18.3. The van der Waals surface area contributed by atoms with Crippen molar-refractivity contribution in [1.82, 2.24) is 30.0 Å². The fourth-order valence-electron chi connectivity index (χ4n) is 4.19. The molecule has 162 valence electrons. The quantitative estimate of drug-likeness (QED) is 0.670. The van der Waals surface area contributed by atoms with Crippen LogP contribution in [0.2, 0.25) is 0 Å².